The van der Waals surface area contributed by atoms with Gasteiger partial charge in [-0.1, -0.05) is 0 Å². The molecule has 128 valence electrons. The molecule has 0 saturated carbocycles. The average molecular weight is 330 g/mol. The Bertz CT molecular complexity index is 734. The van der Waals surface area contributed by atoms with Crippen LogP contribution in [0.25, 0.3) is 0 Å². The SMILES string of the molecule is COc1ccc([C@@H](C)NC(=O)Nc2cc(C)c(C)nn2)c(OC)c1. The van der Waals surface area contributed by atoms with E-state index in [4.69, 9.17) is 9.47 Å². The minimum atomic E-state index is -0.363. The van der Waals surface area contributed by atoms with Crippen molar-refractivity contribution in [2.75, 3.05) is 19.5 Å². The fourth-order valence-electron chi connectivity index (χ4n) is 2.21. The minimum absolute atomic E-state index is 0.259. The minimum Gasteiger partial charge on any atom is -0.497 e. The molecule has 1 aromatic carbocycles. The van der Waals surface area contributed by atoms with Gasteiger partial charge in [0.25, 0.3) is 0 Å². The summed E-state index contributed by atoms with van der Waals surface area (Å²) in [5, 5.41) is 13.5. The van der Waals surface area contributed by atoms with Crippen molar-refractivity contribution in [3.05, 3.63) is 41.1 Å². The first-order chi connectivity index (χ1) is 11.4. The second kappa shape index (κ2) is 7.63. The Labute approximate surface area is 141 Å². The van der Waals surface area contributed by atoms with E-state index >= 15 is 0 Å². The molecule has 1 heterocycles. The van der Waals surface area contributed by atoms with Crippen molar-refractivity contribution in [1.29, 1.82) is 0 Å². The zero-order valence-electron chi connectivity index (χ0n) is 14.5. The van der Waals surface area contributed by atoms with Crippen LogP contribution in [-0.4, -0.2) is 30.4 Å². The Morgan fingerprint density at radius 1 is 1.12 bits per heavy atom. The number of carbonyl (C=O) groups is 1. The lowest BCUT2D eigenvalue weighted by atomic mass is 10.1. The molecule has 0 saturated heterocycles. The molecular formula is C17H22N4O3. The Kier molecular flexibility index (Phi) is 5.57. The van der Waals surface area contributed by atoms with Gasteiger partial charge in [0.15, 0.2) is 5.82 Å². The van der Waals surface area contributed by atoms with Crippen LogP contribution in [0.2, 0.25) is 0 Å². The van der Waals surface area contributed by atoms with Gasteiger partial charge in [0, 0.05) is 11.6 Å². The second-order valence-electron chi connectivity index (χ2n) is 5.43. The predicted octanol–water partition coefficient (Wildman–Crippen LogP) is 2.99. The average Bonchev–Trinajstić information content (AvgIpc) is 2.57. The van der Waals surface area contributed by atoms with Gasteiger partial charge in [-0.3, -0.25) is 5.32 Å². The van der Waals surface area contributed by atoms with Crippen LogP contribution in [0.15, 0.2) is 24.3 Å². The zero-order valence-corrected chi connectivity index (χ0v) is 14.5. The quantitative estimate of drug-likeness (QED) is 0.880. The van der Waals surface area contributed by atoms with Crippen LogP contribution >= 0.6 is 0 Å². The van der Waals surface area contributed by atoms with Crippen LogP contribution in [0.5, 0.6) is 11.5 Å². The molecule has 7 nitrogen and oxygen atoms in total. The molecule has 0 aliphatic heterocycles. The van der Waals surface area contributed by atoms with Crippen LogP contribution in [0.1, 0.15) is 29.8 Å². The van der Waals surface area contributed by atoms with Gasteiger partial charge in [-0.15, -0.1) is 5.10 Å². The molecule has 2 N–H and O–H groups in total. The Morgan fingerprint density at radius 2 is 1.88 bits per heavy atom. The number of hydrogen-bond donors (Lipinski definition) is 2. The summed E-state index contributed by atoms with van der Waals surface area (Å²) in [6.07, 6.45) is 0. The maximum absolute atomic E-state index is 12.2. The van der Waals surface area contributed by atoms with Crippen LogP contribution in [0, 0.1) is 13.8 Å². The summed E-state index contributed by atoms with van der Waals surface area (Å²) in [7, 11) is 3.17. The molecular weight excluding hydrogens is 308 g/mol. The third-order valence-corrected chi connectivity index (χ3v) is 3.73. The first kappa shape index (κ1) is 17.5. The Morgan fingerprint density at radius 3 is 2.50 bits per heavy atom. The number of benzene rings is 1. The van der Waals surface area contributed by atoms with E-state index in [9.17, 15) is 4.79 Å². The number of nitrogens with zero attached hydrogens (tertiary/aromatic N) is 2. The topological polar surface area (TPSA) is 85.4 Å². The molecule has 24 heavy (non-hydrogen) atoms. The van der Waals surface area contributed by atoms with E-state index in [1.807, 2.05) is 32.9 Å². The highest BCUT2D eigenvalue weighted by atomic mass is 16.5. The van der Waals surface area contributed by atoms with Crippen LogP contribution < -0.4 is 20.1 Å². The molecule has 2 rings (SSSR count). The maximum Gasteiger partial charge on any atom is 0.320 e. The summed E-state index contributed by atoms with van der Waals surface area (Å²) in [5.74, 6) is 1.75. The lowest BCUT2D eigenvalue weighted by molar-refractivity contribution is 0.249. The van der Waals surface area contributed by atoms with Crippen molar-refractivity contribution >= 4 is 11.8 Å². The molecule has 0 unspecified atom stereocenters. The predicted molar refractivity (Wildman–Crippen MR) is 91.6 cm³/mol. The number of rotatable bonds is 5. The number of methoxy groups -OCH3 is 2. The van der Waals surface area contributed by atoms with Crippen LogP contribution in [-0.2, 0) is 0 Å². The molecule has 2 amide bonds. The largest absolute Gasteiger partial charge is 0.497 e. The van der Waals surface area contributed by atoms with Gasteiger partial charge in [-0.05, 0) is 44.5 Å². The lowest BCUT2D eigenvalue weighted by Crippen LogP contribution is -2.31. The Hall–Kier alpha value is -2.83. The summed E-state index contributed by atoms with van der Waals surface area (Å²) in [6.45, 7) is 5.65. The second-order valence-corrected chi connectivity index (χ2v) is 5.43. The number of urea groups is 1. The third-order valence-electron chi connectivity index (χ3n) is 3.73. The highest BCUT2D eigenvalue weighted by Gasteiger charge is 2.15. The summed E-state index contributed by atoms with van der Waals surface area (Å²) < 4.78 is 10.5. The van der Waals surface area contributed by atoms with Crippen molar-refractivity contribution in [2.24, 2.45) is 0 Å². The Balaban J connectivity index is 2.07. The van der Waals surface area contributed by atoms with Crippen molar-refractivity contribution < 1.29 is 14.3 Å². The van der Waals surface area contributed by atoms with Gasteiger partial charge >= 0.3 is 6.03 Å². The first-order valence-electron chi connectivity index (χ1n) is 7.55. The normalized spacial score (nSPS) is 11.5. The molecule has 1 aromatic heterocycles. The molecule has 0 bridgehead atoms. The van der Waals surface area contributed by atoms with E-state index in [0.717, 1.165) is 16.8 Å². The molecule has 0 spiro atoms. The highest BCUT2D eigenvalue weighted by molar-refractivity contribution is 5.88. The van der Waals surface area contributed by atoms with E-state index in [2.05, 4.69) is 20.8 Å². The van der Waals surface area contributed by atoms with Crippen molar-refractivity contribution in [3.8, 4) is 11.5 Å². The van der Waals surface area contributed by atoms with Crippen LogP contribution in [0.4, 0.5) is 10.6 Å². The molecule has 0 fully saturated rings. The van der Waals surface area contributed by atoms with Gasteiger partial charge < -0.3 is 14.8 Å². The summed E-state index contributed by atoms with van der Waals surface area (Å²) >= 11 is 0. The monoisotopic (exact) mass is 330 g/mol. The molecule has 2 aromatic rings. The number of nitrogens with one attached hydrogen (secondary N) is 2. The fourth-order valence-corrected chi connectivity index (χ4v) is 2.21. The van der Waals surface area contributed by atoms with E-state index in [1.54, 1.807) is 26.4 Å². The summed E-state index contributed by atoms with van der Waals surface area (Å²) in [6, 6.07) is 6.62. The van der Waals surface area contributed by atoms with Crippen molar-refractivity contribution in [1.82, 2.24) is 15.5 Å². The number of amides is 2. The first-order valence-corrected chi connectivity index (χ1v) is 7.55. The number of aryl methyl sites for hydroxylation is 2. The third kappa shape index (κ3) is 4.13. The van der Waals surface area contributed by atoms with Crippen molar-refractivity contribution in [3.63, 3.8) is 0 Å². The molecule has 0 aliphatic rings. The summed E-state index contributed by atoms with van der Waals surface area (Å²) in [4.78, 5) is 12.2. The molecule has 0 radical (unpaired) electrons. The lowest BCUT2D eigenvalue weighted by Gasteiger charge is -2.18. The van der Waals surface area contributed by atoms with E-state index < -0.39 is 0 Å². The van der Waals surface area contributed by atoms with Crippen molar-refractivity contribution in [2.45, 2.75) is 26.8 Å². The fraction of sp³-hybridized carbons (Fsp3) is 0.353. The molecule has 1 atom stereocenters. The van der Waals surface area contributed by atoms with Gasteiger partial charge in [0.1, 0.15) is 11.5 Å². The number of carbonyl (C=O) groups excluding carboxylic acids is 1. The van der Waals surface area contributed by atoms with Gasteiger partial charge in [-0.2, -0.15) is 5.10 Å². The van der Waals surface area contributed by atoms with Gasteiger partial charge in [0.2, 0.25) is 0 Å². The van der Waals surface area contributed by atoms with Crippen LogP contribution in [0.3, 0.4) is 0 Å². The number of anilines is 1. The van der Waals surface area contributed by atoms with E-state index in [-0.39, 0.29) is 12.1 Å². The van der Waals surface area contributed by atoms with Gasteiger partial charge in [0.05, 0.1) is 26.0 Å². The van der Waals surface area contributed by atoms with E-state index in [1.165, 1.54) is 0 Å². The van der Waals surface area contributed by atoms with E-state index in [0.29, 0.717) is 17.3 Å². The maximum atomic E-state index is 12.2. The number of hydrogen-bond acceptors (Lipinski definition) is 5. The smallest absolute Gasteiger partial charge is 0.320 e. The standard InChI is InChI=1S/C17H22N4O3/c1-10-8-16(21-20-11(10)2)19-17(22)18-12(3)14-7-6-13(23-4)9-15(14)24-5/h6-9,12H,1-5H3,(H2,18,19,21,22)/t12-/m1/s1. The zero-order chi connectivity index (χ0) is 17.7. The molecule has 7 heteroatoms. The summed E-state index contributed by atoms with van der Waals surface area (Å²) in [5.41, 5.74) is 2.64. The molecule has 0 aliphatic carbocycles. The van der Waals surface area contributed by atoms with Gasteiger partial charge in [-0.25, -0.2) is 4.79 Å². The number of aromatic nitrogens is 2. The number of ether oxygens (including phenoxy) is 2. The highest BCUT2D eigenvalue weighted by Crippen LogP contribution is 2.29.